The van der Waals surface area contributed by atoms with Crippen LogP contribution in [0.4, 0.5) is 11.4 Å². The minimum atomic E-state index is 0.106. The maximum atomic E-state index is 8.54. The average molecular weight is 181 g/mol. The predicted molar refractivity (Wildman–Crippen MR) is 54.3 cm³/mol. The topological polar surface area (TPSA) is 70.3 Å². The van der Waals surface area contributed by atoms with Gasteiger partial charge >= 0.3 is 0 Å². The Morgan fingerprint density at radius 2 is 2.23 bits per heavy atom. The molecule has 0 spiro atoms. The Morgan fingerprint density at radius 1 is 1.46 bits per heavy atom. The van der Waals surface area contributed by atoms with Crippen molar-refractivity contribution in [3.63, 3.8) is 0 Å². The number of aliphatic hydroxyl groups is 1. The van der Waals surface area contributed by atoms with E-state index in [1.807, 2.05) is 25.1 Å². The molecule has 5 N–H and O–H groups in total. The molecule has 0 aromatic heterocycles. The van der Waals surface area contributed by atoms with E-state index >= 15 is 0 Å². The van der Waals surface area contributed by atoms with Crippen LogP contribution in [0.15, 0.2) is 18.2 Å². The SMILES string of the molecule is Cc1c(N)cccc1NNCCO. The van der Waals surface area contributed by atoms with Crippen molar-refractivity contribution in [1.82, 2.24) is 5.43 Å². The number of hydrogen-bond donors (Lipinski definition) is 4. The molecule has 0 radical (unpaired) electrons. The second-order valence-electron chi connectivity index (χ2n) is 2.80. The minimum absolute atomic E-state index is 0.106. The van der Waals surface area contributed by atoms with Crippen LogP contribution in [0.25, 0.3) is 0 Å². The van der Waals surface area contributed by atoms with E-state index in [2.05, 4.69) is 10.9 Å². The second-order valence-corrected chi connectivity index (χ2v) is 2.80. The summed E-state index contributed by atoms with van der Waals surface area (Å²) in [6, 6.07) is 5.66. The van der Waals surface area contributed by atoms with Crippen molar-refractivity contribution in [3.05, 3.63) is 23.8 Å². The molecule has 0 aliphatic carbocycles. The van der Waals surface area contributed by atoms with Gasteiger partial charge in [0, 0.05) is 12.2 Å². The van der Waals surface area contributed by atoms with Crippen molar-refractivity contribution >= 4 is 11.4 Å². The molecule has 0 unspecified atom stereocenters. The molecule has 0 amide bonds. The quantitative estimate of drug-likeness (QED) is 0.310. The number of rotatable bonds is 4. The van der Waals surface area contributed by atoms with Crippen molar-refractivity contribution in [1.29, 1.82) is 0 Å². The zero-order valence-corrected chi connectivity index (χ0v) is 7.67. The fourth-order valence-electron chi connectivity index (χ4n) is 1.00. The highest BCUT2D eigenvalue weighted by Crippen LogP contribution is 2.19. The van der Waals surface area contributed by atoms with Crippen LogP contribution >= 0.6 is 0 Å². The number of nitrogen functional groups attached to an aromatic ring is 1. The summed E-state index contributed by atoms with van der Waals surface area (Å²) in [6.45, 7) is 2.56. The molecule has 0 saturated carbocycles. The summed E-state index contributed by atoms with van der Waals surface area (Å²) in [5.41, 5.74) is 14.2. The van der Waals surface area contributed by atoms with Crippen LogP contribution in [0.3, 0.4) is 0 Å². The van der Waals surface area contributed by atoms with Gasteiger partial charge in [-0.05, 0) is 24.6 Å². The zero-order chi connectivity index (χ0) is 9.68. The van der Waals surface area contributed by atoms with E-state index in [-0.39, 0.29) is 6.61 Å². The smallest absolute Gasteiger partial charge is 0.0574 e. The third-order valence-electron chi connectivity index (χ3n) is 1.84. The first-order chi connectivity index (χ1) is 6.25. The number of anilines is 2. The molecule has 4 nitrogen and oxygen atoms in total. The first kappa shape index (κ1) is 9.83. The maximum Gasteiger partial charge on any atom is 0.0574 e. The van der Waals surface area contributed by atoms with Crippen molar-refractivity contribution in [3.8, 4) is 0 Å². The molecular weight excluding hydrogens is 166 g/mol. The van der Waals surface area contributed by atoms with Crippen LogP contribution in [0, 0.1) is 6.92 Å². The van der Waals surface area contributed by atoms with Crippen LogP contribution < -0.4 is 16.6 Å². The second kappa shape index (κ2) is 4.69. The lowest BCUT2D eigenvalue weighted by Crippen LogP contribution is -2.25. The first-order valence-electron chi connectivity index (χ1n) is 4.20. The third kappa shape index (κ3) is 2.61. The molecule has 0 saturated heterocycles. The van der Waals surface area contributed by atoms with Gasteiger partial charge < -0.3 is 16.3 Å². The summed E-state index contributed by atoms with van der Waals surface area (Å²) in [6.07, 6.45) is 0. The summed E-state index contributed by atoms with van der Waals surface area (Å²) >= 11 is 0. The Labute approximate surface area is 77.7 Å². The van der Waals surface area contributed by atoms with Gasteiger partial charge in [0.05, 0.1) is 12.3 Å². The van der Waals surface area contributed by atoms with E-state index in [0.717, 1.165) is 16.9 Å². The van der Waals surface area contributed by atoms with Gasteiger partial charge in [-0.1, -0.05) is 6.07 Å². The lowest BCUT2D eigenvalue weighted by Gasteiger charge is -2.11. The van der Waals surface area contributed by atoms with Crippen LogP contribution in [0.5, 0.6) is 0 Å². The molecule has 72 valence electrons. The fraction of sp³-hybridized carbons (Fsp3) is 0.333. The standard InChI is InChI=1S/C9H15N3O/c1-7-8(10)3-2-4-9(7)12-11-5-6-13/h2-4,11-13H,5-6,10H2,1H3. The maximum absolute atomic E-state index is 8.54. The number of hydrazine groups is 1. The number of nitrogens with two attached hydrogens (primary N) is 1. The largest absolute Gasteiger partial charge is 0.398 e. The van der Waals surface area contributed by atoms with Gasteiger partial charge in [0.1, 0.15) is 0 Å². The van der Waals surface area contributed by atoms with Crippen LogP contribution in [-0.4, -0.2) is 18.3 Å². The highest BCUT2D eigenvalue weighted by atomic mass is 16.3. The molecule has 0 atom stereocenters. The summed E-state index contributed by atoms with van der Waals surface area (Å²) in [5.74, 6) is 0. The molecule has 0 aliphatic heterocycles. The monoisotopic (exact) mass is 181 g/mol. The Kier molecular flexibility index (Phi) is 3.54. The Bertz CT molecular complexity index is 276. The van der Waals surface area contributed by atoms with Crippen LogP contribution in [-0.2, 0) is 0 Å². The van der Waals surface area contributed by atoms with Crippen molar-refractivity contribution in [2.45, 2.75) is 6.92 Å². The molecule has 0 aliphatic rings. The van der Waals surface area contributed by atoms with E-state index < -0.39 is 0 Å². The molecule has 0 heterocycles. The molecule has 1 rings (SSSR count). The van der Waals surface area contributed by atoms with Gasteiger partial charge in [-0.15, -0.1) is 0 Å². The zero-order valence-electron chi connectivity index (χ0n) is 7.67. The van der Waals surface area contributed by atoms with Crippen molar-refractivity contribution in [2.75, 3.05) is 24.3 Å². The van der Waals surface area contributed by atoms with Gasteiger partial charge in [-0.3, -0.25) is 0 Å². The average Bonchev–Trinajstić information content (AvgIpc) is 2.13. The number of nitrogens with one attached hydrogen (secondary N) is 2. The van der Waals surface area contributed by atoms with E-state index in [4.69, 9.17) is 10.8 Å². The van der Waals surface area contributed by atoms with Gasteiger partial charge in [0.25, 0.3) is 0 Å². The van der Waals surface area contributed by atoms with Gasteiger partial charge in [-0.2, -0.15) is 0 Å². The third-order valence-corrected chi connectivity index (χ3v) is 1.84. The lowest BCUT2D eigenvalue weighted by atomic mass is 10.2. The Hall–Kier alpha value is -1.26. The van der Waals surface area contributed by atoms with Gasteiger partial charge in [-0.25, -0.2) is 5.43 Å². The highest BCUT2D eigenvalue weighted by molar-refractivity contribution is 5.62. The summed E-state index contributed by atoms with van der Waals surface area (Å²) in [7, 11) is 0. The molecule has 4 heteroatoms. The first-order valence-corrected chi connectivity index (χ1v) is 4.20. The lowest BCUT2D eigenvalue weighted by molar-refractivity contribution is 0.296. The fourth-order valence-corrected chi connectivity index (χ4v) is 1.00. The minimum Gasteiger partial charge on any atom is -0.398 e. The molecule has 0 bridgehead atoms. The van der Waals surface area contributed by atoms with Gasteiger partial charge in [0.2, 0.25) is 0 Å². The Balaban J connectivity index is 2.61. The summed E-state index contributed by atoms with van der Waals surface area (Å²) in [4.78, 5) is 0. The number of aliphatic hydroxyl groups excluding tert-OH is 1. The van der Waals surface area contributed by atoms with Crippen molar-refractivity contribution < 1.29 is 5.11 Å². The molecular formula is C9H15N3O. The predicted octanol–water partition coefficient (Wildman–Crippen LogP) is 0.486. The Morgan fingerprint density at radius 3 is 2.92 bits per heavy atom. The summed E-state index contributed by atoms with van der Waals surface area (Å²) < 4.78 is 0. The van der Waals surface area contributed by atoms with E-state index in [1.54, 1.807) is 0 Å². The molecule has 0 fully saturated rings. The van der Waals surface area contributed by atoms with E-state index in [0.29, 0.717) is 6.54 Å². The molecule has 1 aromatic carbocycles. The molecule has 13 heavy (non-hydrogen) atoms. The highest BCUT2D eigenvalue weighted by Gasteiger charge is 1.98. The van der Waals surface area contributed by atoms with Gasteiger partial charge in [0.15, 0.2) is 0 Å². The number of hydrogen-bond acceptors (Lipinski definition) is 4. The molecule has 1 aromatic rings. The van der Waals surface area contributed by atoms with E-state index in [9.17, 15) is 0 Å². The van der Waals surface area contributed by atoms with E-state index in [1.165, 1.54) is 0 Å². The normalized spacial score (nSPS) is 10.0. The van der Waals surface area contributed by atoms with Crippen molar-refractivity contribution in [2.24, 2.45) is 0 Å². The summed E-state index contributed by atoms with van der Waals surface area (Å²) in [5, 5.41) is 8.54. The van der Waals surface area contributed by atoms with Crippen LogP contribution in [0.1, 0.15) is 5.56 Å². The number of benzene rings is 1. The van der Waals surface area contributed by atoms with Crippen LogP contribution in [0.2, 0.25) is 0 Å².